The number of hydrogen-bond acceptors (Lipinski definition) is 25. The fourth-order valence-corrected chi connectivity index (χ4v) is 16.8. The highest BCUT2D eigenvalue weighted by Crippen LogP contribution is 2.38. The number of aromatic nitrogens is 14. The predicted octanol–water partition coefficient (Wildman–Crippen LogP) is 6.83. The average molecular weight is 1620 g/mol. The molecule has 6 bridgehead atoms. The molecule has 1 fully saturated rings. The van der Waals surface area contributed by atoms with Crippen molar-refractivity contribution in [2.45, 2.75) is 89.9 Å². The predicted molar refractivity (Wildman–Crippen MR) is 454 cm³/mol. The van der Waals surface area contributed by atoms with Crippen LogP contribution in [0, 0.1) is 0 Å². The van der Waals surface area contributed by atoms with Gasteiger partial charge in [0, 0.05) is 106 Å². The summed E-state index contributed by atoms with van der Waals surface area (Å²) in [6, 6.07) is 33.7. The number of carbonyl (C=O) groups excluding carboxylic acids is 3. The fraction of sp³-hybridized carbons (Fsp3) is 0.326. The van der Waals surface area contributed by atoms with Crippen molar-refractivity contribution in [2.75, 3.05) is 129 Å². The quantitative estimate of drug-likeness (QED) is 0.102. The van der Waals surface area contributed by atoms with Gasteiger partial charge in [-0.25, -0.2) is 53.0 Å². The number of carbonyl (C=O) groups is 3. The van der Waals surface area contributed by atoms with Gasteiger partial charge in [-0.15, -0.1) is 0 Å². The Morgan fingerprint density at radius 3 is 1.46 bits per heavy atom. The van der Waals surface area contributed by atoms with Crippen LogP contribution in [0.4, 0.5) is 57.9 Å². The number of anilines is 10. The van der Waals surface area contributed by atoms with Gasteiger partial charge in [0.05, 0.1) is 57.0 Å². The summed E-state index contributed by atoms with van der Waals surface area (Å²) in [6.07, 6.45) is 19.2. The van der Waals surface area contributed by atoms with E-state index in [1.807, 2.05) is 70.3 Å². The molecule has 0 radical (unpaired) electrons. The van der Waals surface area contributed by atoms with Crippen molar-refractivity contribution in [1.29, 1.82) is 0 Å². The lowest BCUT2D eigenvalue weighted by molar-refractivity contribution is -0.122. The second-order valence-electron chi connectivity index (χ2n) is 31.5. The zero-order valence-corrected chi connectivity index (χ0v) is 66.5. The summed E-state index contributed by atoms with van der Waals surface area (Å²) < 4.78 is 21.1. The Hall–Kier alpha value is -13.5. The molecule has 17 heterocycles. The van der Waals surface area contributed by atoms with Gasteiger partial charge in [-0.3, -0.25) is 38.6 Å². The number of pyridine rings is 2. The Morgan fingerprint density at radius 2 is 0.892 bits per heavy atom. The van der Waals surface area contributed by atoms with E-state index in [1.54, 1.807) is 56.7 Å². The van der Waals surface area contributed by atoms with Crippen molar-refractivity contribution in [2.24, 2.45) is 0 Å². The van der Waals surface area contributed by atoms with Crippen LogP contribution in [0.25, 0.3) is 50.4 Å². The summed E-state index contributed by atoms with van der Waals surface area (Å²) in [5.41, 5.74) is 12.4. The molecule has 612 valence electrons. The fourth-order valence-electron chi connectivity index (χ4n) is 16.8. The molecule has 34 heteroatoms. The van der Waals surface area contributed by atoms with Gasteiger partial charge in [0.15, 0.2) is 64.9 Å². The van der Waals surface area contributed by atoms with E-state index >= 15 is 0 Å². The number of piperazine rings is 1. The van der Waals surface area contributed by atoms with E-state index in [0.29, 0.717) is 118 Å². The molecule has 4 aromatic carbocycles. The highest BCUT2D eigenvalue weighted by molar-refractivity contribution is 6.02. The highest BCUT2D eigenvalue weighted by atomic mass is 16.5. The molecule has 0 saturated carbocycles. The highest BCUT2D eigenvalue weighted by Gasteiger charge is 2.35. The molecular weight excluding hydrogens is 1530 g/mol. The first-order valence-electron chi connectivity index (χ1n) is 40.5. The van der Waals surface area contributed by atoms with E-state index in [2.05, 4.69) is 114 Å². The molecule has 9 aliphatic rings. The minimum Gasteiger partial charge on any atom is -0.480 e. The Bertz CT molecular complexity index is 6370. The van der Waals surface area contributed by atoms with Crippen LogP contribution in [0.15, 0.2) is 173 Å². The number of fused-ring (bicyclic) bond motifs is 17. The number of allylic oxidation sites excluding steroid dienone is 4. The number of aliphatic hydroxyl groups excluding tert-OH is 2. The number of nitrogens with one attached hydrogen (secondary N) is 3. The third kappa shape index (κ3) is 15.0. The second kappa shape index (κ2) is 32.1. The van der Waals surface area contributed by atoms with Gasteiger partial charge < -0.3 is 60.1 Å². The van der Waals surface area contributed by atoms with Crippen molar-refractivity contribution in [1.82, 2.24) is 82.7 Å². The average Bonchev–Trinajstić information content (AvgIpc) is 1.58. The van der Waals surface area contributed by atoms with Crippen molar-refractivity contribution >= 4 is 109 Å². The lowest BCUT2D eigenvalue weighted by Crippen LogP contribution is -2.44. The molecule has 3 amide bonds. The first kappa shape index (κ1) is 76.4. The maximum Gasteiger partial charge on any atom is 0.278 e. The maximum absolute atomic E-state index is 13.5. The summed E-state index contributed by atoms with van der Waals surface area (Å²) in [6.45, 7) is 9.49. The minimum absolute atomic E-state index is 0.0853. The topological polar surface area (TPSA) is 353 Å². The van der Waals surface area contributed by atoms with Crippen molar-refractivity contribution in [3.05, 3.63) is 217 Å². The smallest absolute Gasteiger partial charge is 0.278 e. The Balaban J connectivity index is 0.000000119. The number of rotatable bonds is 7. The van der Waals surface area contributed by atoms with Crippen molar-refractivity contribution in [3.63, 3.8) is 0 Å². The molecule has 21 rings (SSSR count). The van der Waals surface area contributed by atoms with Crippen LogP contribution in [0.3, 0.4) is 0 Å². The van der Waals surface area contributed by atoms with Gasteiger partial charge in [0.25, 0.3) is 28.5 Å². The molecule has 2 unspecified atom stereocenters. The number of amides is 3. The Morgan fingerprint density at radius 1 is 0.417 bits per heavy atom. The molecular formula is C86H88N24O10. The first-order chi connectivity index (χ1) is 58.4. The van der Waals surface area contributed by atoms with Crippen molar-refractivity contribution in [3.8, 4) is 28.8 Å². The Labute approximate surface area is 686 Å². The van der Waals surface area contributed by atoms with Crippen molar-refractivity contribution < 1.29 is 34.1 Å². The molecule has 34 nitrogen and oxygen atoms in total. The van der Waals surface area contributed by atoms with Gasteiger partial charge >= 0.3 is 0 Å². The largest absolute Gasteiger partial charge is 0.480 e. The molecule has 0 aliphatic carbocycles. The van der Waals surface area contributed by atoms with Gasteiger partial charge in [-0.2, -0.15) is 15.0 Å². The summed E-state index contributed by atoms with van der Waals surface area (Å²) in [5.74, 6) is 2.89. The second-order valence-corrected chi connectivity index (χ2v) is 31.5. The van der Waals surface area contributed by atoms with Crippen LogP contribution in [-0.4, -0.2) is 216 Å². The summed E-state index contributed by atoms with van der Waals surface area (Å²) in [7, 11) is 6.39. The number of ether oxygens (including phenoxy) is 2. The van der Waals surface area contributed by atoms with E-state index in [1.165, 1.54) is 59.5 Å². The van der Waals surface area contributed by atoms with E-state index in [0.717, 1.165) is 112 Å². The number of hydrogen-bond donors (Lipinski definition) is 5. The van der Waals surface area contributed by atoms with Gasteiger partial charge in [0.1, 0.15) is 16.2 Å². The standard InChI is InChI=1S/C30H32N8O2.2C28H28N8O4/c1-34-14-16-35(17-15-34)23-10-7-22(8-11-23)32-30-31-20-25-28(33-30)38-24-9-6-21-18-27(39)36(26(21)19-24)12-4-2-3-5-13-37(38)29(25)40;1-33-11-9-17-12-19(6-5-18(17)14-33)30-28-29-13-21-25(32-28)36-23-8-7-22-26(31-23)34(24(38)16-40-22)15-20(37)4-2-3-10-35(36)27(21)39;1-33-11-9-17-5-6-19(12-18(17)14-33)30-28-29-13-21-25(32-28)36-23-8-7-22-26(31-23)34(24(38)16-40-22)15-20(37)4-2-3-10-35(36)27(21)39/h3,5-11,19-20H,2,4,12-18H2,1H3,(H,31,32,33);2*2-3,5-8,12-13,20,37H,4,9-11,14-16H2,1H3,(H,29,30,32). The van der Waals surface area contributed by atoms with E-state index in [9.17, 15) is 39.0 Å². The summed E-state index contributed by atoms with van der Waals surface area (Å²) in [5, 5.41) is 32.1. The van der Waals surface area contributed by atoms with Gasteiger partial charge in [-0.05, 0) is 172 Å². The van der Waals surface area contributed by atoms with Crippen LogP contribution < -0.4 is 61.7 Å². The molecule has 5 N–H and O–H groups in total. The lowest BCUT2D eigenvalue weighted by Gasteiger charge is -2.34. The SMILES string of the molecule is CN1CCN(c2ccc(Nc3ncc4c(=O)n5n(c4n3)-c3ccc4c(c3)N(CCCC=CC5)C(=O)C4)cc2)CC1.CN1CCc2cc(Nc3ncc4c(=O)n5n(c4n3)-c3ccc4c(n3)N(CC(O)CC=CC5)C(=O)CO4)ccc2C1.CN1CCc2ccc(Nc3ncc4c(=O)n5n(c4n3)-c3ccc4c(n3)N(CC(O)CC=CC5)C(=O)CO4)cc2C1. The van der Waals surface area contributed by atoms with Crippen LogP contribution in [-0.2, 0) is 66.4 Å². The monoisotopic (exact) mass is 1620 g/mol. The summed E-state index contributed by atoms with van der Waals surface area (Å²) >= 11 is 0. The zero-order valence-electron chi connectivity index (χ0n) is 66.5. The maximum atomic E-state index is 13.5. The van der Waals surface area contributed by atoms with Gasteiger partial charge in [0.2, 0.25) is 23.8 Å². The number of aliphatic hydroxyl groups is 2. The lowest BCUT2D eigenvalue weighted by atomic mass is 9.99. The van der Waals surface area contributed by atoms with Crippen LogP contribution in [0.1, 0.15) is 53.5 Å². The van der Waals surface area contributed by atoms with E-state index < -0.39 is 12.2 Å². The van der Waals surface area contributed by atoms with Gasteiger partial charge in [-0.1, -0.05) is 54.7 Å². The Kier molecular flexibility index (Phi) is 20.4. The van der Waals surface area contributed by atoms with Crippen LogP contribution in [0.2, 0.25) is 0 Å². The molecule has 120 heavy (non-hydrogen) atoms. The first-order valence-corrected chi connectivity index (χ1v) is 40.5. The minimum atomic E-state index is -0.790. The zero-order chi connectivity index (χ0) is 82.0. The summed E-state index contributed by atoms with van der Waals surface area (Å²) in [4.78, 5) is 130. The molecule has 9 aliphatic heterocycles. The number of likely N-dealkylation sites (N-methyl/N-ethyl adjacent to an activating group) is 3. The molecule has 0 spiro atoms. The third-order valence-electron chi connectivity index (χ3n) is 23.2. The van der Waals surface area contributed by atoms with Crippen LogP contribution >= 0.6 is 0 Å². The molecule has 12 aromatic rings. The van der Waals surface area contributed by atoms with Crippen LogP contribution in [0.5, 0.6) is 11.5 Å². The van der Waals surface area contributed by atoms with E-state index in [4.69, 9.17) is 34.4 Å². The molecule has 2 atom stereocenters. The molecule has 8 aromatic heterocycles. The number of nitrogens with zero attached hydrogens (tertiary/aromatic N) is 21. The number of benzene rings is 4. The third-order valence-corrected chi connectivity index (χ3v) is 23.2. The van der Waals surface area contributed by atoms with E-state index in [-0.39, 0.29) is 73.8 Å². The molecule has 1 saturated heterocycles. The normalized spacial score (nSPS) is 18.5.